The maximum absolute atomic E-state index is 10.4. The van der Waals surface area contributed by atoms with Crippen molar-refractivity contribution in [2.45, 2.75) is 0 Å². The van der Waals surface area contributed by atoms with Crippen molar-refractivity contribution < 1.29 is 9.63 Å². The predicted molar refractivity (Wildman–Crippen MR) is 36.3 cm³/mol. The number of rotatable bonds is 1. The first kappa shape index (κ1) is 7.07. The fourth-order valence-corrected chi connectivity index (χ4v) is 0.483. The zero-order chi connectivity index (χ0) is 7.40. The molecule has 0 saturated heterocycles. The summed E-state index contributed by atoms with van der Waals surface area (Å²) in [7, 11) is 0. The van der Waals surface area contributed by atoms with Crippen LogP contribution in [0.3, 0.4) is 0 Å². The number of nitrogens with one attached hydrogen (secondary N) is 1. The molecule has 0 aliphatic heterocycles. The monoisotopic (exact) mass is 205 g/mol. The molecule has 0 unspecified atom stereocenters. The minimum absolute atomic E-state index is 0.622. The van der Waals surface area contributed by atoms with E-state index in [0.29, 0.717) is 0 Å². The quantitative estimate of drug-likeness (QED) is 0.673. The van der Waals surface area contributed by atoms with Crippen LogP contribution in [0.5, 0.6) is 0 Å². The molecule has 0 aliphatic rings. The van der Waals surface area contributed by atoms with E-state index in [1.165, 1.54) is 12.4 Å². The summed E-state index contributed by atoms with van der Waals surface area (Å²) in [6, 6.07) is 1.64. The largest absolute Gasteiger partial charge is 0.443 e. The van der Waals surface area contributed by atoms with Crippen LogP contribution in [-0.2, 0) is 0 Å². The van der Waals surface area contributed by atoms with Crippen molar-refractivity contribution in [3.05, 3.63) is 18.5 Å². The molecule has 0 aromatic carbocycles. The van der Waals surface area contributed by atoms with Crippen LogP contribution < -0.4 is 9.18 Å². The lowest BCUT2D eigenvalue weighted by atomic mass is 10.8. The number of hydrogen-bond acceptors (Lipinski definition) is 3. The van der Waals surface area contributed by atoms with Gasteiger partial charge in [0.2, 0.25) is 0 Å². The number of halogens is 1. The summed E-state index contributed by atoms with van der Waals surface area (Å²) >= 11 is 2.69. The van der Waals surface area contributed by atoms with Gasteiger partial charge >= 0.3 is 6.09 Å². The molecular formula is C4H4BrN3O2. The van der Waals surface area contributed by atoms with Crippen LogP contribution in [-0.4, -0.2) is 16.0 Å². The molecule has 0 bridgehead atoms. The molecule has 0 aliphatic carbocycles. The highest BCUT2D eigenvalue weighted by Crippen LogP contribution is 1.80. The fraction of sp³-hybridized carbons (Fsp3) is 0. The number of hydrogen-bond donors (Lipinski definition) is 1. The Morgan fingerprint density at radius 3 is 3.10 bits per heavy atom. The van der Waals surface area contributed by atoms with Crippen molar-refractivity contribution in [1.82, 2.24) is 14.3 Å². The van der Waals surface area contributed by atoms with E-state index in [1.54, 1.807) is 6.07 Å². The molecule has 1 rings (SSSR count). The van der Waals surface area contributed by atoms with Gasteiger partial charge in [-0.15, -0.1) is 5.10 Å². The van der Waals surface area contributed by atoms with Crippen molar-refractivity contribution in [2.75, 3.05) is 0 Å². The summed E-state index contributed by atoms with van der Waals surface area (Å²) in [5.74, 6) is 0. The van der Waals surface area contributed by atoms with E-state index in [1.807, 2.05) is 0 Å². The Hall–Kier alpha value is -1.04. The van der Waals surface area contributed by atoms with Crippen LogP contribution in [0.2, 0.25) is 0 Å². The molecule has 5 nitrogen and oxygen atoms in total. The van der Waals surface area contributed by atoms with E-state index in [-0.39, 0.29) is 0 Å². The van der Waals surface area contributed by atoms with Gasteiger partial charge in [0, 0.05) is 0 Å². The number of carbonyl (C=O) groups excluding carboxylic acids is 1. The lowest BCUT2D eigenvalue weighted by Gasteiger charge is -1.97. The number of amides is 1. The number of nitrogens with zero attached hydrogens (tertiary/aromatic N) is 2. The van der Waals surface area contributed by atoms with Gasteiger partial charge in [0.1, 0.15) is 0 Å². The minimum Gasteiger partial charge on any atom is -0.299 e. The topological polar surface area (TPSA) is 56.1 Å². The summed E-state index contributed by atoms with van der Waals surface area (Å²) in [4.78, 5) is 16.0. The van der Waals surface area contributed by atoms with Crippen LogP contribution in [0.4, 0.5) is 4.79 Å². The first-order valence-electron chi connectivity index (χ1n) is 2.41. The molecular weight excluding hydrogens is 202 g/mol. The Balaban J connectivity index is 2.48. The normalized spacial score (nSPS) is 8.90. The van der Waals surface area contributed by atoms with Crippen LogP contribution in [0.15, 0.2) is 18.5 Å². The molecule has 10 heavy (non-hydrogen) atoms. The molecule has 0 radical (unpaired) electrons. The van der Waals surface area contributed by atoms with E-state index in [4.69, 9.17) is 0 Å². The molecule has 6 heteroatoms. The molecule has 0 saturated carbocycles. The molecule has 1 aromatic heterocycles. The van der Waals surface area contributed by atoms with Crippen LogP contribution in [0.25, 0.3) is 0 Å². The van der Waals surface area contributed by atoms with E-state index in [2.05, 4.69) is 30.4 Å². The zero-order valence-electron chi connectivity index (χ0n) is 4.82. The van der Waals surface area contributed by atoms with E-state index in [9.17, 15) is 4.79 Å². The Morgan fingerprint density at radius 2 is 2.60 bits per heavy atom. The summed E-state index contributed by atoms with van der Waals surface area (Å²) in [5.41, 5.74) is 0. The molecule has 54 valence electrons. The molecule has 1 N–H and O–H groups in total. The molecule has 0 spiro atoms. The van der Waals surface area contributed by atoms with E-state index >= 15 is 0 Å². The van der Waals surface area contributed by atoms with Crippen molar-refractivity contribution in [3.8, 4) is 0 Å². The van der Waals surface area contributed by atoms with Crippen LogP contribution >= 0.6 is 16.1 Å². The lowest BCUT2D eigenvalue weighted by Crippen LogP contribution is -2.25. The first-order valence-corrected chi connectivity index (χ1v) is 3.21. The third-order valence-corrected chi connectivity index (χ3v) is 1.06. The minimum atomic E-state index is -0.622. The first-order chi connectivity index (χ1) is 4.83. The Kier molecular flexibility index (Phi) is 2.27. The predicted octanol–water partition coefficient (Wildman–Crippen LogP) is 0.331. The molecule has 1 amide bonds. The van der Waals surface area contributed by atoms with Gasteiger partial charge in [0.05, 0.1) is 28.5 Å². The van der Waals surface area contributed by atoms with E-state index < -0.39 is 6.09 Å². The maximum atomic E-state index is 10.4. The maximum Gasteiger partial charge on any atom is 0.443 e. The van der Waals surface area contributed by atoms with Crippen molar-refractivity contribution in [1.29, 1.82) is 0 Å². The van der Waals surface area contributed by atoms with Gasteiger partial charge in [-0.2, -0.15) is 0 Å². The highest BCUT2D eigenvalue weighted by molar-refractivity contribution is 9.08. The summed E-state index contributed by atoms with van der Waals surface area (Å²) in [5, 5.41) is 3.62. The lowest BCUT2D eigenvalue weighted by molar-refractivity contribution is 0.123. The SMILES string of the molecule is O=C(NBr)On1cccn1. The second-order valence-electron chi connectivity index (χ2n) is 1.38. The number of aromatic nitrogens is 2. The van der Waals surface area contributed by atoms with Gasteiger partial charge in [0.25, 0.3) is 0 Å². The number of carbonyl (C=O) groups is 1. The Morgan fingerprint density at radius 1 is 1.80 bits per heavy atom. The zero-order valence-corrected chi connectivity index (χ0v) is 6.41. The van der Waals surface area contributed by atoms with Gasteiger partial charge < -0.3 is 0 Å². The summed E-state index contributed by atoms with van der Waals surface area (Å²) in [6.07, 6.45) is 2.38. The Bertz CT molecular complexity index is 210. The highest BCUT2D eigenvalue weighted by atomic mass is 79.9. The van der Waals surface area contributed by atoms with Crippen molar-refractivity contribution in [2.24, 2.45) is 0 Å². The molecule has 0 fully saturated rings. The molecule has 1 aromatic rings. The molecule has 0 atom stereocenters. The van der Waals surface area contributed by atoms with Gasteiger partial charge in [-0.1, -0.05) is 4.85 Å². The van der Waals surface area contributed by atoms with Crippen molar-refractivity contribution in [3.63, 3.8) is 0 Å². The van der Waals surface area contributed by atoms with Gasteiger partial charge in [-0.05, 0) is 6.07 Å². The van der Waals surface area contributed by atoms with Crippen LogP contribution in [0, 0.1) is 0 Å². The Labute approximate surface area is 65.3 Å². The van der Waals surface area contributed by atoms with E-state index in [0.717, 1.165) is 4.85 Å². The average Bonchev–Trinajstić information content (AvgIpc) is 2.40. The summed E-state index contributed by atoms with van der Waals surface area (Å²) in [6.45, 7) is 0. The second-order valence-corrected chi connectivity index (χ2v) is 1.78. The van der Waals surface area contributed by atoms with Gasteiger partial charge in [0.15, 0.2) is 0 Å². The standard InChI is InChI=1S/C4H4BrN3O2/c5-7-4(9)10-8-3-1-2-6-8/h1-3H,(H,7,9). The van der Waals surface area contributed by atoms with Crippen LogP contribution in [0.1, 0.15) is 0 Å². The van der Waals surface area contributed by atoms with Gasteiger partial charge in [-0.25, -0.2) is 4.79 Å². The fourth-order valence-electron chi connectivity index (χ4n) is 0.411. The third kappa shape index (κ3) is 1.73. The molecule has 1 heterocycles. The van der Waals surface area contributed by atoms with Gasteiger partial charge in [-0.3, -0.25) is 9.18 Å². The second kappa shape index (κ2) is 3.21. The highest BCUT2D eigenvalue weighted by Gasteiger charge is 1.98. The van der Waals surface area contributed by atoms with Crippen molar-refractivity contribution >= 4 is 22.2 Å². The smallest absolute Gasteiger partial charge is 0.299 e. The average molecular weight is 206 g/mol. The summed E-state index contributed by atoms with van der Waals surface area (Å²) < 4.78 is 2.09. The third-order valence-electron chi connectivity index (χ3n) is 0.734.